The molecule has 0 aliphatic rings. The Bertz CT molecular complexity index is 281. The van der Waals surface area contributed by atoms with Crippen LogP contribution in [0.2, 0.25) is 0 Å². The van der Waals surface area contributed by atoms with Crippen LogP contribution < -0.4 is 0 Å². The van der Waals surface area contributed by atoms with Gasteiger partial charge in [-0.3, -0.25) is 4.90 Å². The summed E-state index contributed by atoms with van der Waals surface area (Å²) in [6.07, 6.45) is -0.582. The largest absolute Gasteiger partial charge is 0.480 e. The summed E-state index contributed by atoms with van der Waals surface area (Å²) in [6.45, 7) is 10.8. The molecular weight excluding hydrogens is 222 g/mol. The smallest absolute Gasteiger partial charge is 0.411 e. The van der Waals surface area contributed by atoms with Gasteiger partial charge in [0.15, 0.2) is 0 Å². The first-order chi connectivity index (χ1) is 7.60. The van der Waals surface area contributed by atoms with Gasteiger partial charge in [-0.1, -0.05) is 13.8 Å². The molecule has 1 N–H and O–H groups in total. The standard InChI is InChI=1S/C12H23NO4/c1-7-13(9(8(2)3)10(14)15)11(16)17-12(4,5)6/h8-9H,7H2,1-6H3,(H,14,15)/t9-/m0/s1. The molecule has 0 aromatic rings. The van der Waals surface area contributed by atoms with E-state index in [4.69, 9.17) is 9.84 Å². The van der Waals surface area contributed by atoms with Crippen LogP contribution >= 0.6 is 0 Å². The number of ether oxygens (including phenoxy) is 1. The lowest BCUT2D eigenvalue weighted by atomic mass is 10.0. The number of nitrogens with zero attached hydrogens (tertiary/aromatic N) is 1. The Kier molecular flexibility index (Phi) is 5.45. The highest BCUT2D eigenvalue weighted by Gasteiger charge is 2.33. The molecule has 0 bridgehead atoms. The second-order valence-corrected chi connectivity index (χ2v) is 5.29. The van der Waals surface area contributed by atoms with Crippen molar-refractivity contribution >= 4 is 12.1 Å². The van der Waals surface area contributed by atoms with E-state index in [0.717, 1.165) is 0 Å². The zero-order valence-corrected chi connectivity index (χ0v) is 11.5. The van der Waals surface area contributed by atoms with Crippen LogP contribution in [0, 0.1) is 5.92 Å². The van der Waals surface area contributed by atoms with Gasteiger partial charge in [0.05, 0.1) is 0 Å². The van der Waals surface area contributed by atoms with E-state index >= 15 is 0 Å². The average molecular weight is 245 g/mol. The van der Waals surface area contributed by atoms with Crippen LogP contribution in [0.25, 0.3) is 0 Å². The Balaban J connectivity index is 4.92. The lowest BCUT2D eigenvalue weighted by molar-refractivity contribution is -0.144. The summed E-state index contributed by atoms with van der Waals surface area (Å²) >= 11 is 0. The van der Waals surface area contributed by atoms with Gasteiger partial charge in [-0.15, -0.1) is 0 Å². The first kappa shape index (κ1) is 15.7. The molecule has 0 aliphatic heterocycles. The molecule has 0 radical (unpaired) electrons. The third kappa shape index (κ3) is 5.06. The number of hydrogen-bond donors (Lipinski definition) is 1. The Labute approximate surface area is 103 Å². The van der Waals surface area contributed by atoms with Crippen LogP contribution in [0.3, 0.4) is 0 Å². The fraction of sp³-hybridized carbons (Fsp3) is 0.833. The number of rotatable bonds is 4. The van der Waals surface area contributed by atoms with Gasteiger partial charge in [-0.2, -0.15) is 0 Å². The summed E-state index contributed by atoms with van der Waals surface area (Å²) in [4.78, 5) is 24.3. The van der Waals surface area contributed by atoms with Crippen LogP contribution in [0.15, 0.2) is 0 Å². The Morgan fingerprint density at radius 2 is 1.76 bits per heavy atom. The van der Waals surface area contributed by atoms with E-state index in [1.54, 1.807) is 41.5 Å². The highest BCUT2D eigenvalue weighted by atomic mass is 16.6. The van der Waals surface area contributed by atoms with Gasteiger partial charge in [0, 0.05) is 6.54 Å². The first-order valence-electron chi connectivity index (χ1n) is 5.82. The van der Waals surface area contributed by atoms with Crippen LogP contribution in [-0.2, 0) is 9.53 Å². The fourth-order valence-corrected chi connectivity index (χ4v) is 1.54. The van der Waals surface area contributed by atoms with Crippen LogP contribution in [0.4, 0.5) is 4.79 Å². The molecule has 0 rings (SSSR count). The molecule has 0 saturated heterocycles. The number of carboxylic acids is 1. The van der Waals surface area contributed by atoms with Gasteiger partial charge >= 0.3 is 12.1 Å². The Hall–Kier alpha value is -1.26. The second-order valence-electron chi connectivity index (χ2n) is 5.29. The highest BCUT2D eigenvalue weighted by Crippen LogP contribution is 2.16. The van der Waals surface area contributed by atoms with Crippen LogP contribution in [0.5, 0.6) is 0 Å². The van der Waals surface area contributed by atoms with Crippen molar-refractivity contribution < 1.29 is 19.4 Å². The lowest BCUT2D eigenvalue weighted by Gasteiger charge is -2.32. The zero-order chi connectivity index (χ0) is 13.8. The molecule has 0 heterocycles. The van der Waals surface area contributed by atoms with E-state index in [9.17, 15) is 9.59 Å². The molecule has 1 atom stereocenters. The summed E-state index contributed by atoms with van der Waals surface area (Å²) in [5.41, 5.74) is -0.620. The van der Waals surface area contributed by atoms with Crippen molar-refractivity contribution in [3.8, 4) is 0 Å². The molecule has 5 nitrogen and oxygen atoms in total. The van der Waals surface area contributed by atoms with E-state index in [1.165, 1.54) is 4.90 Å². The number of carbonyl (C=O) groups is 2. The Morgan fingerprint density at radius 1 is 1.29 bits per heavy atom. The van der Waals surface area contributed by atoms with Gasteiger partial charge in [-0.25, -0.2) is 9.59 Å². The van der Waals surface area contributed by atoms with Crippen LogP contribution in [-0.4, -0.2) is 40.3 Å². The maximum atomic E-state index is 11.9. The average Bonchev–Trinajstić information content (AvgIpc) is 2.08. The topological polar surface area (TPSA) is 66.8 Å². The molecule has 17 heavy (non-hydrogen) atoms. The fourth-order valence-electron chi connectivity index (χ4n) is 1.54. The SMILES string of the molecule is CCN(C(=O)OC(C)(C)C)[C@H](C(=O)O)C(C)C. The minimum atomic E-state index is -1.01. The molecule has 0 aliphatic carbocycles. The second kappa shape index (κ2) is 5.89. The van der Waals surface area contributed by atoms with Crippen molar-refractivity contribution in [2.24, 2.45) is 5.92 Å². The molecule has 0 saturated carbocycles. The molecule has 0 fully saturated rings. The van der Waals surface area contributed by atoms with Crippen molar-refractivity contribution in [1.82, 2.24) is 4.90 Å². The van der Waals surface area contributed by atoms with E-state index in [0.29, 0.717) is 6.54 Å². The Morgan fingerprint density at radius 3 is 2.00 bits per heavy atom. The van der Waals surface area contributed by atoms with Crippen molar-refractivity contribution in [2.75, 3.05) is 6.54 Å². The van der Waals surface area contributed by atoms with Crippen molar-refractivity contribution in [2.45, 2.75) is 53.2 Å². The number of carboxylic acid groups (broad SMARTS) is 1. The lowest BCUT2D eigenvalue weighted by Crippen LogP contribution is -2.49. The van der Waals surface area contributed by atoms with Gasteiger partial charge < -0.3 is 9.84 Å². The van der Waals surface area contributed by atoms with Crippen LogP contribution in [0.1, 0.15) is 41.5 Å². The van der Waals surface area contributed by atoms with E-state index in [2.05, 4.69) is 0 Å². The predicted molar refractivity (Wildman–Crippen MR) is 64.9 cm³/mol. The summed E-state index contributed by atoms with van der Waals surface area (Å²) < 4.78 is 5.20. The van der Waals surface area contributed by atoms with E-state index in [-0.39, 0.29) is 5.92 Å². The highest BCUT2D eigenvalue weighted by molar-refractivity contribution is 5.80. The van der Waals surface area contributed by atoms with E-state index < -0.39 is 23.7 Å². The maximum absolute atomic E-state index is 11.9. The van der Waals surface area contributed by atoms with Gasteiger partial charge in [0.1, 0.15) is 11.6 Å². The van der Waals surface area contributed by atoms with Crippen molar-refractivity contribution in [1.29, 1.82) is 0 Å². The first-order valence-corrected chi connectivity index (χ1v) is 5.82. The van der Waals surface area contributed by atoms with Gasteiger partial charge in [0.2, 0.25) is 0 Å². The molecule has 100 valence electrons. The summed E-state index contributed by atoms with van der Waals surface area (Å²) in [5, 5.41) is 9.14. The summed E-state index contributed by atoms with van der Waals surface area (Å²) in [6, 6.07) is -0.852. The number of likely N-dealkylation sites (N-methyl/N-ethyl adjacent to an activating group) is 1. The summed E-state index contributed by atoms with van der Waals surface area (Å²) in [5.74, 6) is -1.17. The quantitative estimate of drug-likeness (QED) is 0.825. The third-order valence-corrected chi connectivity index (χ3v) is 2.19. The number of hydrogen-bond acceptors (Lipinski definition) is 3. The van der Waals surface area contributed by atoms with Gasteiger partial charge in [0.25, 0.3) is 0 Å². The minimum absolute atomic E-state index is 0.167. The number of amides is 1. The van der Waals surface area contributed by atoms with Crippen molar-refractivity contribution in [3.63, 3.8) is 0 Å². The molecule has 1 amide bonds. The maximum Gasteiger partial charge on any atom is 0.411 e. The monoisotopic (exact) mass is 245 g/mol. The molecule has 0 unspecified atom stereocenters. The molecule has 0 spiro atoms. The van der Waals surface area contributed by atoms with Gasteiger partial charge in [-0.05, 0) is 33.6 Å². The predicted octanol–water partition coefficient (Wildman–Crippen LogP) is 2.35. The number of carbonyl (C=O) groups excluding carboxylic acids is 1. The summed E-state index contributed by atoms with van der Waals surface area (Å²) in [7, 11) is 0. The normalized spacial score (nSPS) is 13.4. The molecular formula is C12H23NO4. The molecule has 5 heteroatoms. The van der Waals surface area contributed by atoms with E-state index in [1.807, 2.05) is 0 Å². The number of aliphatic carboxylic acids is 1. The molecule has 0 aromatic heterocycles. The zero-order valence-electron chi connectivity index (χ0n) is 11.5. The third-order valence-electron chi connectivity index (χ3n) is 2.19. The molecule has 0 aromatic carbocycles. The minimum Gasteiger partial charge on any atom is -0.480 e. The van der Waals surface area contributed by atoms with Crippen molar-refractivity contribution in [3.05, 3.63) is 0 Å².